The van der Waals surface area contributed by atoms with E-state index in [0.717, 1.165) is 18.2 Å². The SMILES string of the molecule is CCOc1ccc(C(=O)Nc2cc(C(F)(F)F)ccc2Cl)cc1S(=O)(=O)NC(C)C. The summed E-state index contributed by atoms with van der Waals surface area (Å²) in [6.07, 6.45) is -4.62. The Hall–Kier alpha value is -2.30. The van der Waals surface area contributed by atoms with Crippen LogP contribution in [0.4, 0.5) is 18.9 Å². The Morgan fingerprint density at radius 3 is 2.40 bits per heavy atom. The van der Waals surface area contributed by atoms with Gasteiger partial charge in [0.2, 0.25) is 10.0 Å². The van der Waals surface area contributed by atoms with E-state index in [-0.39, 0.29) is 33.5 Å². The lowest BCUT2D eigenvalue weighted by atomic mass is 10.1. The van der Waals surface area contributed by atoms with Gasteiger partial charge in [-0.25, -0.2) is 13.1 Å². The number of alkyl halides is 3. The van der Waals surface area contributed by atoms with Crippen LogP contribution in [0.15, 0.2) is 41.3 Å². The van der Waals surface area contributed by atoms with Crippen molar-refractivity contribution in [2.24, 2.45) is 0 Å². The first-order valence-corrected chi connectivity index (χ1v) is 10.7. The topological polar surface area (TPSA) is 84.5 Å². The minimum absolute atomic E-state index is 0.0410. The molecule has 0 aliphatic rings. The summed E-state index contributed by atoms with van der Waals surface area (Å²) in [7, 11) is -4.01. The fourth-order valence-corrected chi connectivity index (χ4v) is 4.09. The van der Waals surface area contributed by atoms with Crippen molar-refractivity contribution >= 4 is 33.2 Å². The van der Waals surface area contributed by atoms with Gasteiger partial charge < -0.3 is 10.1 Å². The predicted octanol–water partition coefficient (Wildman–Crippen LogP) is 4.70. The second-order valence-corrected chi connectivity index (χ2v) is 8.61. The molecule has 30 heavy (non-hydrogen) atoms. The van der Waals surface area contributed by atoms with E-state index in [0.29, 0.717) is 6.07 Å². The molecule has 0 saturated heterocycles. The maximum atomic E-state index is 12.9. The van der Waals surface area contributed by atoms with E-state index in [1.54, 1.807) is 20.8 Å². The fourth-order valence-electron chi connectivity index (χ4n) is 2.50. The molecule has 0 fully saturated rings. The summed E-state index contributed by atoms with van der Waals surface area (Å²) >= 11 is 5.90. The van der Waals surface area contributed by atoms with Gasteiger partial charge in [0.1, 0.15) is 10.6 Å². The van der Waals surface area contributed by atoms with E-state index in [4.69, 9.17) is 16.3 Å². The van der Waals surface area contributed by atoms with Crippen LogP contribution in [0.25, 0.3) is 0 Å². The van der Waals surface area contributed by atoms with Crippen LogP contribution >= 0.6 is 11.6 Å². The zero-order valence-electron chi connectivity index (χ0n) is 16.3. The Labute approximate surface area is 177 Å². The van der Waals surface area contributed by atoms with Gasteiger partial charge in [-0.05, 0) is 57.2 Å². The Kier molecular flexibility index (Phi) is 7.38. The van der Waals surface area contributed by atoms with E-state index >= 15 is 0 Å². The van der Waals surface area contributed by atoms with Gasteiger partial charge in [-0.15, -0.1) is 0 Å². The second kappa shape index (κ2) is 9.23. The van der Waals surface area contributed by atoms with Crippen molar-refractivity contribution < 1.29 is 31.1 Å². The van der Waals surface area contributed by atoms with Crippen molar-refractivity contribution in [2.45, 2.75) is 37.9 Å². The van der Waals surface area contributed by atoms with Crippen LogP contribution in [0.1, 0.15) is 36.7 Å². The molecule has 6 nitrogen and oxygen atoms in total. The first-order chi connectivity index (χ1) is 13.8. The van der Waals surface area contributed by atoms with Gasteiger partial charge in [-0.2, -0.15) is 13.2 Å². The summed E-state index contributed by atoms with van der Waals surface area (Å²) in [6.45, 7) is 5.12. The van der Waals surface area contributed by atoms with Gasteiger partial charge in [0.25, 0.3) is 5.91 Å². The highest BCUT2D eigenvalue weighted by Gasteiger charge is 2.31. The number of carbonyl (C=O) groups excluding carboxylic acids is 1. The van der Waals surface area contributed by atoms with E-state index < -0.39 is 33.7 Å². The molecule has 0 radical (unpaired) electrons. The molecule has 0 saturated carbocycles. The third-order valence-corrected chi connectivity index (χ3v) is 5.74. The van der Waals surface area contributed by atoms with Crippen LogP contribution in [-0.4, -0.2) is 27.0 Å². The molecule has 0 aromatic heterocycles. The number of sulfonamides is 1. The average Bonchev–Trinajstić information content (AvgIpc) is 2.62. The molecule has 0 aliphatic heterocycles. The molecule has 1 amide bonds. The maximum Gasteiger partial charge on any atom is 0.416 e. The van der Waals surface area contributed by atoms with Crippen molar-refractivity contribution in [3.63, 3.8) is 0 Å². The molecule has 2 rings (SSSR count). The lowest BCUT2D eigenvalue weighted by Crippen LogP contribution is -2.30. The van der Waals surface area contributed by atoms with E-state index in [9.17, 15) is 26.4 Å². The quantitative estimate of drug-likeness (QED) is 0.622. The van der Waals surface area contributed by atoms with E-state index in [1.165, 1.54) is 12.1 Å². The van der Waals surface area contributed by atoms with Crippen molar-refractivity contribution in [3.8, 4) is 5.75 Å². The van der Waals surface area contributed by atoms with Gasteiger partial charge in [-0.3, -0.25) is 4.79 Å². The van der Waals surface area contributed by atoms with Gasteiger partial charge >= 0.3 is 6.18 Å². The minimum atomic E-state index is -4.62. The second-order valence-electron chi connectivity index (χ2n) is 6.52. The molecule has 0 heterocycles. The van der Waals surface area contributed by atoms with Gasteiger partial charge in [0.15, 0.2) is 0 Å². The van der Waals surface area contributed by atoms with Crippen LogP contribution in [0.5, 0.6) is 5.75 Å². The lowest BCUT2D eigenvalue weighted by Gasteiger charge is -2.15. The number of rotatable bonds is 7. The molecule has 2 aromatic carbocycles. The monoisotopic (exact) mass is 464 g/mol. The van der Waals surface area contributed by atoms with Gasteiger partial charge in [0.05, 0.1) is 22.9 Å². The zero-order valence-corrected chi connectivity index (χ0v) is 17.9. The number of anilines is 1. The Morgan fingerprint density at radius 2 is 1.83 bits per heavy atom. The number of hydrogen-bond acceptors (Lipinski definition) is 4. The summed E-state index contributed by atoms with van der Waals surface area (Å²) < 4.78 is 71.7. The molecule has 2 N–H and O–H groups in total. The molecule has 0 unspecified atom stereocenters. The zero-order chi connectivity index (χ0) is 22.7. The smallest absolute Gasteiger partial charge is 0.416 e. The van der Waals surface area contributed by atoms with E-state index in [2.05, 4.69) is 10.0 Å². The van der Waals surface area contributed by atoms with Crippen molar-refractivity contribution in [1.29, 1.82) is 0 Å². The summed E-state index contributed by atoms with van der Waals surface area (Å²) in [6, 6.07) is 5.79. The molecule has 0 aliphatic carbocycles. The highest BCUT2D eigenvalue weighted by molar-refractivity contribution is 7.89. The number of hydrogen-bond donors (Lipinski definition) is 2. The van der Waals surface area contributed by atoms with Crippen LogP contribution < -0.4 is 14.8 Å². The molecular weight excluding hydrogens is 445 g/mol. The largest absolute Gasteiger partial charge is 0.492 e. The summed E-state index contributed by atoms with van der Waals surface area (Å²) in [5.41, 5.74) is -1.34. The van der Waals surface area contributed by atoms with Crippen LogP contribution in [0.3, 0.4) is 0 Å². The van der Waals surface area contributed by atoms with Gasteiger partial charge in [-0.1, -0.05) is 11.6 Å². The molecular formula is C19H20ClF3N2O4S. The molecule has 11 heteroatoms. The third-order valence-electron chi connectivity index (χ3n) is 3.73. The number of carbonyl (C=O) groups is 1. The summed E-state index contributed by atoms with van der Waals surface area (Å²) in [5.74, 6) is -0.792. The Bertz CT molecular complexity index is 1040. The highest BCUT2D eigenvalue weighted by atomic mass is 35.5. The minimum Gasteiger partial charge on any atom is -0.492 e. The first kappa shape index (κ1) is 24.0. The average molecular weight is 465 g/mol. The Morgan fingerprint density at radius 1 is 1.17 bits per heavy atom. The van der Waals surface area contributed by atoms with Crippen LogP contribution in [-0.2, 0) is 16.2 Å². The molecule has 0 bridgehead atoms. The molecule has 164 valence electrons. The number of benzene rings is 2. The number of halogens is 4. The van der Waals surface area contributed by atoms with Crippen LogP contribution in [0.2, 0.25) is 5.02 Å². The van der Waals surface area contributed by atoms with Gasteiger partial charge in [0, 0.05) is 11.6 Å². The van der Waals surface area contributed by atoms with Crippen molar-refractivity contribution in [3.05, 3.63) is 52.5 Å². The van der Waals surface area contributed by atoms with Crippen LogP contribution in [0, 0.1) is 0 Å². The Balaban J connectivity index is 2.43. The standard InChI is InChI=1S/C19H20ClF3N2O4S/c1-4-29-16-8-5-12(9-17(16)30(27,28)25-11(2)3)18(26)24-15-10-13(19(21,22)23)6-7-14(15)20/h5-11,25H,4H2,1-3H3,(H,24,26). The number of amides is 1. The van der Waals surface area contributed by atoms with Crippen molar-refractivity contribution in [2.75, 3.05) is 11.9 Å². The normalized spacial score (nSPS) is 12.1. The fraction of sp³-hybridized carbons (Fsp3) is 0.316. The summed E-state index contributed by atoms with van der Waals surface area (Å²) in [4.78, 5) is 12.3. The molecule has 0 spiro atoms. The molecule has 0 atom stereocenters. The predicted molar refractivity (Wildman–Crippen MR) is 107 cm³/mol. The third kappa shape index (κ3) is 5.87. The first-order valence-electron chi connectivity index (χ1n) is 8.82. The highest BCUT2D eigenvalue weighted by Crippen LogP contribution is 2.34. The van der Waals surface area contributed by atoms with E-state index in [1.807, 2.05) is 0 Å². The number of ether oxygens (including phenoxy) is 1. The number of nitrogens with one attached hydrogen (secondary N) is 2. The van der Waals surface area contributed by atoms with Crippen molar-refractivity contribution in [1.82, 2.24) is 4.72 Å². The maximum absolute atomic E-state index is 12.9. The molecule has 2 aromatic rings. The lowest BCUT2D eigenvalue weighted by molar-refractivity contribution is -0.137. The summed E-state index contributed by atoms with van der Waals surface area (Å²) in [5, 5.41) is 2.18.